The molecule has 0 bridgehead atoms. The van der Waals surface area contributed by atoms with Crippen LogP contribution in [0.4, 0.5) is 0 Å². The molecule has 0 aromatic heterocycles. The lowest BCUT2D eigenvalue weighted by Crippen LogP contribution is -2.43. The average Bonchev–Trinajstić information content (AvgIpc) is 3.20. The SMILES string of the molecule is CNC[C@H](Cc1cccc(I)c1)N1Cc2cc(C3=C(Cl)CNN3C)ccc2C1=O. The Morgan fingerprint density at radius 1 is 1.28 bits per heavy atom. The van der Waals surface area contributed by atoms with Crippen LogP contribution < -0.4 is 10.7 Å². The zero-order chi connectivity index (χ0) is 20.5. The minimum absolute atomic E-state index is 0.0974. The number of halogens is 2. The van der Waals surface area contributed by atoms with Crippen LogP contribution in [0.2, 0.25) is 0 Å². The number of carbonyl (C=O) groups is 1. The molecule has 2 heterocycles. The van der Waals surface area contributed by atoms with Crippen LogP contribution >= 0.6 is 34.2 Å². The van der Waals surface area contributed by atoms with Crippen molar-refractivity contribution in [3.8, 4) is 0 Å². The van der Waals surface area contributed by atoms with E-state index in [2.05, 4.69) is 63.7 Å². The van der Waals surface area contributed by atoms with Gasteiger partial charge in [0.2, 0.25) is 0 Å². The molecule has 1 atom stereocenters. The Morgan fingerprint density at radius 3 is 2.79 bits per heavy atom. The molecule has 0 unspecified atom stereocenters. The van der Waals surface area contributed by atoms with Gasteiger partial charge in [-0.3, -0.25) is 4.79 Å². The van der Waals surface area contributed by atoms with Gasteiger partial charge < -0.3 is 15.2 Å². The van der Waals surface area contributed by atoms with E-state index < -0.39 is 0 Å². The molecular formula is C22H24ClIN4O. The van der Waals surface area contributed by atoms with Gasteiger partial charge in [0.25, 0.3) is 5.91 Å². The van der Waals surface area contributed by atoms with Crippen molar-refractivity contribution in [2.45, 2.75) is 19.0 Å². The van der Waals surface area contributed by atoms with E-state index in [0.717, 1.165) is 40.4 Å². The van der Waals surface area contributed by atoms with E-state index in [4.69, 9.17) is 11.6 Å². The van der Waals surface area contributed by atoms with Crippen LogP contribution in [0.1, 0.15) is 27.0 Å². The quantitative estimate of drug-likeness (QED) is 0.571. The Bertz CT molecular complexity index is 977. The number of hydrogen-bond donors (Lipinski definition) is 2. The summed E-state index contributed by atoms with van der Waals surface area (Å²) >= 11 is 8.73. The molecule has 29 heavy (non-hydrogen) atoms. The maximum absolute atomic E-state index is 13.2. The second-order valence-corrected chi connectivity index (χ2v) is 9.20. The third-order valence-electron chi connectivity index (χ3n) is 5.52. The Labute approximate surface area is 190 Å². The van der Waals surface area contributed by atoms with Crippen molar-refractivity contribution >= 4 is 45.8 Å². The van der Waals surface area contributed by atoms with Gasteiger partial charge in [0.15, 0.2) is 0 Å². The number of benzene rings is 2. The lowest BCUT2D eigenvalue weighted by atomic mass is 10.0. The molecule has 152 valence electrons. The maximum Gasteiger partial charge on any atom is 0.254 e. The minimum atomic E-state index is 0.0974. The molecule has 4 rings (SSSR count). The fraction of sp³-hybridized carbons (Fsp3) is 0.318. The summed E-state index contributed by atoms with van der Waals surface area (Å²) in [6.07, 6.45) is 0.827. The first-order chi connectivity index (χ1) is 14.0. The summed E-state index contributed by atoms with van der Waals surface area (Å²) in [5, 5.41) is 5.99. The third kappa shape index (κ3) is 4.17. The molecule has 0 aliphatic carbocycles. The summed E-state index contributed by atoms with van der Waals surface area (Å²) in [4.78, 5) is 15.2. The number of amides is 1. The van der Waals surface area contributed by atoms with Crippen molar-refractivity contribution in [1.82, 2.24) is 20.7 Å². The zero-order valence-electron chi connectivity index (χ0n) is 16.5. The smallest absolute Gasteiger partial charge is 0.254 e. The average molecular weight is 523 g/mol. The molecule has 7 heteroatoms. The minimum Gasteiger partial charge on any atom is -0.330 e. The molecule has 2 N–H and O–H groups in total. The van der Waals surface area contributed by atoms with Gasteiger partial charge in [0.1, 0.15) is 0 Å². The van der Waals surface area contributed by atoms with Crippen LogP contribution in [0, 0.1) is 3.57 Å². The van der Waals surface area contributed by atoms with Gasteiger partial charge in [0, 0.05) is 40.9 Å². The zero-order valence-corrected chi connectivity index (χ0v) is 19.4. The maximum atomic E-state index is 13.2. The van der Waals surface area contributed by atoms with E-state index in [9.17, 15) is 4.79 Å². The van der Waals surface area contributed by atoms with E-state index in [1.165, 1.54) is 9.13 Å². The number of nitrogens with zero attached hydrogens (tertiary/aromatic N) is 2. The summed E-state index contributed by atoms with van der Waals surface area (Å²) in [6.45, 7) is 2.01. The van der Waals surface area contributed by atoms with Gasteiger partial charge in [-0.2, -0.15) is 0 Å². The summed E-state index contributed by atoms with van der Waals surface area (Å²) in [5.74, 6) is 0.107. The highest BCUT2D eigenvalue weighted by Crippen LogP contribution is 2.32. The highest BCUT2D eigenvalue weighted by molar-refractivity contribution is 14.1. The third-order valence-corrected chi connectivity index (χ3v) is 6.50. The molecule has 2 aliphatic rings. The molecule has 0 saturated heterocycles. The Kier molecular flexibility index (Phi) is 6.15. The largest absolute Gasteiger partial charge is 0.330 e. The summed E-state index contributed by atoms with van der Waals surface area (Å²) < 4.78 is 1.21. The Morgan fingerprint density at radius 2 is 2.10 bits per heavy atom. The molecule has 2 aromatic carbocycles. The van der Waals surface area contributed by atoms with Gasteiger partial charge in [-0.25, -0.2) is 5.43 Å². The van der Waals surface area contributed by atoms with Crippen LogP contribution in [0.5, 0.6) is 0 Å². The van der Waals surface area contributed by atoms with Gasteiger partial charge in [-0.05, 0) is 71.5 Å². The van der Waals surface area contributed by atoms with Crippen molar-refractivity contribution in [2.24, 2.45) is 0 Å². The van der Waals surface area contributed by atoms with Crippen LogP contribution in [0.3, 0.4) is 0 Å². The van der Waals surface area contributed by atoms with Crippen molar-refractivity contribution in [3.63, 3.8) is 0 Å². The van der Waals surface area contributed by atoms with E-state index in [0.29, 0.717) is 13.1 Å². The van der Waals surface area contributed by atoms with Crippen LogP contribution in [-0.4, -0.2) is 49.0 Å². The summed E-state index contributed by atoms with van der Waals surface area (Å²) in [5.41, 5.74) is 8.33. The van der Waals surface area contributed by atoms with E-state index in [1.54, 1.807) is 0 Å². The number of likely N-dealkylation sites (N-methyl/N-ethyl adjacent to an activating group) is 1. The number of hydrogen-bond acceptors (Lipinski definition) is 4. The normalized spacial score (nSPS) is 17.3. The molecule has 0 saturated carbocycles. The van der Waals surface area contributed by atoms with Crippen molar-refractivity contribution in [1.29, 1.82) is 0 Å². The molecule has 2 aliphatic heterocycles. The predicted molar refractivity (Wildman–Crippen MR) is 125 cm³/mol. The first-order valence-electron chi connectivity index (χ1n) is 9.67. The van der Waals surface area contributed by atoms with E-state index >= 15 is 0 Å². The number of carbonyl (C=O) groups excluding carboxylic acids is 1. The van der Waals surface area contributed by atoms with Gasteiger partial charge in [0.05, 0.1) is 17.3 Å². The second kappa shape index (κ2) is 8.63. The first-order valence-corrected chi connectivity index (χ1v) is 11.1. The summed E-state index contributed by atoms with van der Waals surface area (Å²) in [7, 11) is 3.89. The molecule has 1 amide bonds. The second-order valence-electron chi connectivity index (χ2n) is 7.50. The lowest BCUT2D eigenvalue weighted by molar-refractivity contribution is 0.0702. The summed E-state index contributed by atoms with van der Waals surface area (Å²) in [6, 6.07) is 14.6. The predicted octanol–water partition coefficient (Wildman–Crippen LogP) is 3.44. The molecule has 0 radical (unpaired) electrons. The fourth-order valence-electron chi connectivity index (χ4n) is 4.13. The number of nitrogens with one attached hydrogen (secondary N) is 2. The number of hydrazine groups is 1. The molecule has 0 spiro atoms. The van der Waals surface area contributed by atoms with Crippen molar-refractivity contribution < 1.29 is 4.79 Å². The molecule has 2 aromatic rings. The topological polar surface area (TPSA) is 47.6 Å². The van der Waals surface area contributed by atoms with Crippen molar-refractivity contribution in [3.05, 3.63) is 73.3 Å². The fourth-order valence-corrected chi connectivity index (χ4v) is 5.04. The van der Waals surface area contributed by atoms with Gasteiger partial charge in [-0.1, -0.05) is 29.8 Å². The highest BCUT2D eigenvalue weighted by Gasteiger charge is 2.33. The van der Waals surface area contributed by atoms with Crippen molar-refractivity contribution in [2.75, 3.05) is 27.2 Å². The first kappa shape index (κ1) is 20.7. The van der Waals surface area contributed by atoms with Gasteiger partial charge >= 0.3 is 0 Å². The number of fused-ring (bicyclic) bond motifs is 1. The van der Waals surface area contributed by atoms with Gasteiger partial charge in [-0.15, -0.1) is 0 Å². The lowest BCUT2D eigenvalue weighted by Gasteiger charge is -2.28. The molecular weight excluding hydrogens is 499 g/mol. The Balaban J connectivity index is 1.59. The molecule has 5 nitrogen and oxygen atoms in total. The molecule has 0 fully saturated rings. The number of rotatable bonds is 6. The van der Waals surface area contributed by atoms with E-state index in [-0.39, 0.29) is 11.9 Å². The van der Waals surface area contributed by atoms with E-state index in [1.807, 2.05) is 36.1 Å². The highest BCUT2D eigenvalue weighted by atomic mass is 127. The van der Waals surface area contributed by atoms with Crippen LogP contribution in [0.25, 0.3) is 5.70 Å². The standard InChI is InChI=1S/C22H24ClIN4O/c1-25-11-18(9-14-4-3-5-17(24)8-14)28-13-16-10-15(6-7-19(16)22(28)29)21-20(23)12-26-27(21)2/h3-8,10,18,25-26H,9,11-13H2,1-2H3/t18-/m0/s1. The van der Waals surface area contributed by atoms with Crippen LogP contribution in [-0.2, 0) is 13.0 Å². The Hall–Kier alpha value is -1.61. The monoisotopic (exact) mass is 522 g/mol. The van der Waals surface area contributed by atoms with Crippen LogP contribution in [0.15, 0.2) is 47.5 Å².